The van der Waals surface area contributed by atoms with Gasteiger partial charge in [0.25, 0.3) is 5.91 Å². The average molecular weight is 357 g/mol. The molecule has 0 N–H and O–H groups in total. The maximum atomic E-state index is 13.0. The van der Waals surface area contributed by atoms with Gasteiger partial charge >= 0.3 is 0 Å². The first-order chi connectivity index (χ1) is 12.6. The van der Waals surface area contributed by atoms with E-state index in [-0.39, 0.29) is 12.0 Å². The predicted molar refractivity (Wildman–Crippen MR) is 94.1 cm³/mol. The molecule has 1 aliphatic carbocycles. The van der Waals surface area contributed by atoms with Crippen LogP contribution in [0.15, 0.2) is 16.9 Å². The standard InChI is InChI=1S/C18H23N5O3/c1-22(2)17-16(19-7-8-20-17)14-11-23(9-10-25-14)18(24)15-12-5-3-4-6-13(12)26-21-15/h7-8,14H,3-6,9-11H2,1-2H3/t14-/m0/s1. The zero-order valence-corrected chi connectivity index (χ0v) is 15.1. The van der Waals surface area contributed by atoms with Crippen molar-refractivity contribution in [3.05, 3.63) is 35.1 Å². The molecular formula is C18H23N5O3. The van der Waals surface area contributed by atoms with Crippen LogP contribution in [0.2, 0.25) is 0 Å². The second-order valence-corrected chi connectivity index (χ2v) is 6.91. The van der Waals surface area contributed by atoms with Crippen LogP contribution >= 0.6 is 0 Å². The minimum atomic E-state index is -0.304. The third-order valence-electron chi connectivity index (χ3n) is 4.94. The molecule has 0 saturated carbocycles. The third-order valence-corrected chi connectivity index (χ3v) is 4.94. The summed E-state index contributed by atoms with van der Waals surface area (Å²) in [6.07, 6.45) is 6.91. The van der Waals surface area contributed by atoms with Gasteiger partial charge in [0.05, 0.1) is 13.2 Å². The normalized spacial score (nSPS) is 19.9. The molecule has 2 aliphatic rings. The predicted octanol–water partition coefficient (Wildman–Crippen LogP) is 1.62. The Morgan fingerprint density at radius 1 is 1.23 bits per heavy atom. The lowest BCUT2D eigenvalue weighted by atomic mass is 9.96. The fraction of sp³-hybridized carbons (Fsp3) is 0.556. The lowest BCUT2D eigenvalue weighted by molar-refractivity contribution is -0.0249. The van der Waals surface area contributed by atoms with E-state index >= 15 is 0 Å². The highest BCUT2D eigenvalue weighted by atomic mass is 16.5. The molecule has 138 valence electrons. The number of carbonyl (C=O) groups excluding carboxylic acids is 1. The van der Waals surface area contributed by atoms with Crippen molar-refractivity contribution in [2.75, 3.05) is 38.7 Å². The quantitative estimate of drug-likeness (QED) is 0.825. The maximum Gasteiger partial charge on any atom is 0.276 e. The number of hydrogen-bond donors (Lipinski definition) is 0. The van der Waals surface area contributed by atoms with Gasteiger partial charge in [-0.25, -0.2) is 4.98 Å². The molecule has 1 saturated heterocycles. The van der Waals surface area contributed by atoms with Crippen molar-refractivity contribution in [1.82, 2.24) is 20.0 Å². The smallest absolute Gasteiger partial charge is 0.276 e. The number of morpholine rings is 1. The second-order valence-electron chi connectivity index (χ2n) is 6.91. The highest BCUT2D eigenvalue weighted by Gasteiger charge is 2.33. The second kappa shape index (κ2) is 7.03. The number of ether oxygens (including phenoxy) is 1. The summed E-state index contributed by atoms with van der Waals surface area (Å²) in [5, 5.41) is 4.07. The van der Waals surface area contributed by atoms with E-state index in [4.69, 9.17) is 9.26 Å². The Kier molecular flexibility index (Phi) is 4.58. The monoisotopic (exact) mass is 357 g/mol. The lowest BCUT2D eigenvalue weighted by Gasteiger charge is -2.33. The highest BCUT2D eigenvalue weighted by Crippen LogP contribution is 2.29. The Hall–Kier alpha value is -2.48. The summed E-state index contributed by atoms with van der Waals surface area (Å²) in [5.41, 5.74) is 2.20. The van der Waals surface area contributed by atoms with Crippen molar-refractivity contribution in [3.8, 4) is 0 Å². The molecule has 26 heavy (non-hydrogen) atoms. The van der Waals surface area contributed by atoms with Crippen LogP contribution in [0, 0.1) is 0 Å². The first kappa shape index (κ1) is 17.0. The Morgan fingerprint density at radius 2 is 2.04 bits per heavy atom. The van der Waals surface area contributed by atoms with Crippen LogP contribution < -0.4 is 4.90 Å². The van der Waals surface area contributed by atoms with Crippen LogP contribution in [0.3, 0.4) is 0 Å². The molecule has 3 heterocycles. The van der Waals surface area contributed by atoms with Crippen LogP contribution in [0.5, 0.6) is 0 Å². The summed E-state index contributed by atoms with van der Waals surface area (Å²) in [7, 11) is 3.84. The number of aromatic nitrogens is 3. The number of nitrogens with zero attached hydrogens (tertiary/aromatic N) is 5. The van der Waals surface area contributed by atoms with E-state index in [1.54, 1.807) is 17.3 Å². The van der Waals surface area contributed by atoms with Crippen LogP contribution in [-0.2, 0) is 17.6 Å². The summed E-state index contributed by atoms with van der Waals surface area (Å²) >= 11 is 0. The van der Waals surface area contributed by atoms with Crippen molar-refractivity contribution >= 4 is 11.7 Å². The Bertz CT molecular complexity index is 804. The van der Waals surface area contributed by atoms with Crippen LogP contribution in [-0.4, -0.2) is 59.7 Å². The average Bonchev–Trinajstić information content (AvgIpc) is 3.11. The van der Waals surface area contributed by atoms with E-state index < -0.39 is 0 Å². The molecule has 1 atom stereocenters. The molecule has 1 aliphatic heterocycles. The molecule has 0 bridgehead atoms. The van der Waals surface area contributed by atoms with Gasteiger partial charge in [0.15, 0.2) is 11.5 Å². The van der Waals surface area contributed by atoms with E-state index in [1.165, 1.54) is 0 Å². The van der Waals surface area contributed by atoms with Gasteiger partial charge < -0.3 is 19.1 Å². The van der Waals surface area contributed by atoms with E-state index in [0.717, 1.165) is 48.5 Å². The molecule has 2 aromatic rings. The van der Waals surface area contributed by atoms with E-state index in [2.05, 4.69) is 15.1 Å². The summed E-state index contributed by atoms with van der Waals surface area (Å²) in [5.74, 6) is 1.54. The number of amides is 1. The Balaban J connectivity index is 1.56. The van der Waals surface area contributed by atoms with E-state index in [0.29, 0.717) is 25.4 Å². The zero-order valence-electron chi connectivity index (χ0n) is 15.1. The van der Waals surface area contributed by atoms with Crippen LogP contribution in [0.25, 0.3) is 0 Å². The molecule has 4 rings (SSSR count). The summed E-state index contributed by atoms with van der Waals surface area (Å²) in [6, 6.07) is 0. The zero-order chi connectivity index (χ0) is 18.1. The maximum absolute atomic E-state index is 13.0. The fourth-order valence-corrected chi connectivity index (χ4v) is 3.61. The molecule has 8 heteroatoms. The first-order valence-electron chi connectivity index (χ1n) is 9.01. The lowest BCUT2D eigenvalue weighted by Crippen LogP contribution is -2.43. The summed E-state index contributed by atoms with van der Waals surface area (Å²) < 4.78 is 11.3. The number of fused-ring (bicyclic) bond motifs is 1. The number of hydrogen-bond acceptors (Lipinski definition) is 7. The van der Waals surface area contributed by atoms with Gasteiger partial charge in [0.1, 0.15) is 17.6 Å². The molecule has 0 spiro atoms. The first-order valence-corrected chi connectivity index (χ1v) is 9.01. The van der Waals surface area contributed by atoms with Crippen molar-refractivity contribution < 1.29 is 14.1 Å². The number of aryl methyl sites for hydroxylation is 1. The largest absolute Gasteiger partial charge is 0.368 e. The van der Waals surface area contributed by atoms with Gasteiger partial charge in [-0.05, 0) is 19.3 Å². The minimum Gasteiger partial charge on any atom is -0.368 e. The SMILES string of the molecule is CN(C)c1nccnc1[C@@H]1CN(C(=O)c2noc3c2CCCC3)CCO1. The molecule has 8 nitrogen and oxygen atoms in total. The minimum absolute atomic E-state index is 0.0829. The highest BCUT2D eigenvalue weighted by molar-refractivity contribution is 5.94. The van der Waals surface area contributed by atoms with E-state index in [9.17, 15) is 4.79 Å². The van der Waals surface area contributed by atoms with Crippen molar-refractivity contribution in [2.45, 2.75) is 31.8 Å². The van der Waals surface area contributed by atoms with Crippen molar-refractivity contribution in [1.29, 1.82) is 0 Å². The Morgan fingerprint density at radius 3 is 2.88 bits per heavy atom. The van der Waals surface area contributed by atoms with Gasteiger partial charge in [0.2, 0.25) is 0 Å². The van der Waals surface area contributed by atoms with Crippen LogP contribution in [0.4, 0.5) is 5.82 Å². The molecule has 1 amide bonds. The van der Waals surface area contributed by atoms with E-state index in [1.807, 2.05) is 19.0 Å². The van der Waals surface area contributed by atoms with Gasteiger partial charge in [-0.3, -0.25) is 9.78 Å². The molecule has 1 fully saturated rings. The van der Waals surface area contributed by atoms with Crippen molar-refractivity contribution in [3.63, 3.8) is 0 Å². The topological polar surface area (TPSA) is 84.6 Å². The fourth-order valence-electron chi connectivity index (χ4n) is 3.61. The summed E-state index contributed by atoms with van der Waals surface area (Å²) in [6.45, 7) is 1.43. The number of rotatable bonds is 3. The van der Waals surface area contributed by atoms with Gasteiger partial charge in [0, 0.05) is 45.0 Å². The Labute approximate surface area is 152 Å². The van der Waals surface area contributed by atoms with Gasteiger partial charge in [-0.1, -0.05) is 5.16 Å². The molecule has 0 unspecified atom stereocenters. The number of carbonyl (C=O) groups is 1. The van der Waals surface area contributed by atoms with Crippen molar-refractivity contribution in [2.24, 2.45) is 0 Å². The van der Waals surface area contributed by atoms with Crippen LogP contribution in [0.1, 0.15) is 46.5 Å². The van der Waals surface area contributed by atoms with Gasteiger partial charge in [-0.2, -0.15) is 0 Å². The number of anilines is 1. The van der Waals surface area contributed by atoms with Gasteiger partial charge in [-0.15, -0.1) is 0 Å². The summed E-state index contributed by atoms with van der Waals surface area (Å²) in [4.78, 5) is 25.6. The molecule has 0 aromatic carbocycles. The molecule has 2 aromatic heterocycles. The molecule has 0 radical (unpaired) electrons. The third kappa shape index (κ3) is 3.05. The molecular weight excluding hydrogens is 334 g/mol.